The summed E-state index contributed by atoms with van der Waals surface area (Å²) in [6.07, 6.45) is 0.354. The minimum Gasteiger partial charge on any atom is -0.399 e. The third-order valence-electron chi connectivity index (χ3n) is 5.48. The highest BCUT2D eigenvalue weighted by molar-refractivity contribution is 6.12. The lowest BCUT2D eigenvalue weighted by atomic mass is 9.90. The van der Waals surface area contributed by atoms with Crippen molar-refractivity contribution in [3.8, 4) is 0 Å². The number of ketones is 2. The third-order valence-corrected chi connectivity index (χ3v) is 5.48. The number of rotatable bonds is 6. The highest BCUT2D eigenvalue weighted by atomic mass is 16.1. The Kier molecular flexibility index (Phi) is 5.83. The number of carbonyl (C=O) groups excluding carboxylic acids is 2. The lowest BCUT2D eigenvalue weighted by molar-refractivity contribution is 0.103. The van der Waals surface area contributed by atoms with Gasteiger partial charge in [-0.25, -0.2) is 0 Å². The summed E-state index contributed by atoms with van der Waals surface area (Å²) in [7, 11) is 0. The van der Waals surface area contributed by atoms with Crippen molar-refractivity contribution in [2.45, 2.75) is 6.42 Å². The fraction of sp³-hybridized carbons (Fsp3) is 0.0370. The molecular formula is C27H24N4O2. The number of anilines is 4. The van der Waals surface area contributed by atoms with Crippen LogP contribution < -0.4 is 22.9 Å². The Hall–Kier alpha value is -4.58. The summed E-state index contributed by atoms with van der Waals surface area (Å²) < 4.78 is 0. The Morgan fingerprint density at radius 2 is 0.818 bits per heavy atom. The molecule has 6 heteroatoms. The highest BCUT2D eigenvalue weighted by Crippen LogP contribution is 2.25. The fourth-order valence-corrected chi connectivity index (χ4v) is 3.70. The molecule has 0 saturated heterocycles. The van der Waals surface area contributed by atoms with Crippen LogP contribution in [0.1, 0.15) is 43.0 Å². The molecule has 0 aliphatic heterocycles. The second-order valence-electron chi connectivity index (χ2n) is 7.91. The quantitative estimate of drug-likeness (QED) is 0.265. The Bertz CT molecular complexity index is 1240. The van der Waals surface area contributed by atoms with Gasteiger partial charge in [-0.1, -0.05) is 12.1 Å². The summed E-state index contributed by atoms with van der Waals surface area (Å²) >= 11 is 0. The number of nitrogens with two attached hydrogens (primary N) is 4. The van der Waals surface area contributed by atoms with Crippen LogP contribution in [0.3, 0.4) is 0 Å². The molecule has 0 spiro atoms. The van der Waals surface area contributed by atoms with Gasteiger partial charge in [0.2, 0.25) is 0 Å². The first kappa shape index (κ1) is 21.6. The van der Waals surface area contributed by atoms with Crippen LogP contribution in [0.4, 0.5) is 22.7 Å². The topological polar surface area (TPSA) is 138 Å². The molecule has 0 unspecified atom stereocenters. The second-order valence-corrected chi connectivity index (χ2v) is 7.91. The first-order chi connectivity index (χ1) is 15.8. The normalized spacial score (nSPS) is 10.7. The van der Waals surface area contributed by atoms with Gasteiger partial charge >= 0.3 is 0 Å². The van der Waals surface area contributed by atoms with Crippen molar-refractivity contribution in [3.05, 3.63) is 118 Å². The molecular weight excluding hydrogens is 412 g/mol. The molecule has 0 amide bonds. The second kappa shape index (κ2) is 8.88. The van der Waals surface area contributed by atoms with Gasteiger partial charge < -0.3 is 22.9 Å². The molecule has 33 heavy (non-hydrogen) atoms. The van der Waals surface area contributed by atoms with Crippen molar-refractivity contribution < 1.29 is 9.59 Å². The average Bonchev–Trinajstić information content (AvgIpc) is 2.81. The fourth-order valence-electron chi connectivity index (χ4n) is 3.70. The first-order valence-electron chi connectivity index (χ1n) is 10.4. The highest BCUT2D eigenvalue weighted by Gasteiger charge is 2.19. The number of hydrogen-bond acceptors (Lipinski definition) is 6. The predicted octanol–water partition coefficient (Wildman–Crippen LogP) is 4.07. The molecule has 8 N–H and O–H groups in total. The van der Waals surface area contributed by atoms with Gasteiger partial charge in [0.1, 0.15) is 0 Å². The molecule has 0 fully saturated rings. The van der Waals surface area contributed by atoms with Crippen LogP contribution >= 0.6 is 0 Å². The standard InChI is InChI=1S/C27H24N4O2/c28-20-7-1-16(2-8-20)26(32)24-14-22(30)11-5-18(24)13-19-6-12-23(31)15-25(19)27(33)17-3-9-21(29)10-4-17/h1-12,14-15H,13,28-31H2. The van der Waals surface area contributed by atoms with Crippen molar-refractivity contribution in [3.63, 3.8) is 0 Å². The third kappa shape index (κ3) is 4.70. The van der Waals surface area contributed by atoms with Crippen molar-refractivity contribution in [1.82, 2.24) is 0 Å². The summed E-state index contributed by atoms with van der Waals surface area (Å²) in [6, 6.07) is 23.9. The van der Waals surface area contributed by atoms with E-state index in [1.54, 1.807) is 72.8 Å². The molecule has 0 heterocycles. The maximum atomic E-state index is 13.3. The number of carbonyl (C=O) groups is 2. The summed E-state index contributed by atoms with van der Waals surface area (Å²) in [5.74, 6) is -0.335. The molecule has 4 aromatic rings. The summed E-state index contributed by atoms with van der Waals surface area (Å²) in [6.45, 7) is 0. The van der Waals surface area contributed by atoms with E-state index in [0.29, 0.717) is 51.4 Å². The van der Waals surface area contributed by atoms with Crippen LogP contribution in [-0.2, 0) is 6.42 Å². The van der Waals surface area contributed by atoms with E-state index in [4.69, 9.17) is 22.9 Å². The molecule has 0 bridgehead atoms. The number of nitrogen functional groups attached to an aromatic ring is 4. The van der Waals surface area contributed by atoms with E-state index in [1.165, 1.54) is 0 Å². The molecule has 164 valence electrons. The van der Waals surface area contributed by atoms with Crippen LogP contribution in [0.5, 0.6) is 0 Å². The number of hydrogen-bond donors (Lipinski definition) is 4. The molecule has 4 rings (SSSR count). The molecule has 0 atom stereocenters. The zero-order valence-corrected chi connectivity index (χ0v) is 17.9. The van der Waals surface area contributed by atoms with Crippen molar-refractivity contribution in [2.75, 3.05) is 22.9 Å². The van der Waals surface area contributed by atoms with Gasteiger partial charge in [0.25, 0.3) is 0 Å². The SMILES string of the molecule is Nc1ccc(C(=O)c2cc(N)ccc2Cc2ccc(N)cc2C(=O)c2ccc(N)cc2)cc1. The average molecular weight is 437 g/mol. The van der Waals surface area contributed by atoms with Crippen LogP contribution in [0.15, 0.2) is 84.9 Å². The Morgan fingerprint density at radius 3 is 1.18 bits per heavy atom. The van der Waals surface area contributed by atoms with Crippen molar-refractivity contribution >= 4 is 34.3 Å². The summed E-state index contributed by atoms with van der Waals surface area (Å²) in [5.41, 5.74) is 29.1. The minimum absolute atomic E-state index is 0.167. The van der Waals surface area contributed by atoms with E-state index in [2.05, 4.69) is 0 Å². The van der Waals surface area contributed by atoms with Crippen molar-refractivity contribution in [1.29, 1.82) is 0 Å². The van der Waals surface area contributed by atoms with E-state index in [9.17, 15) is 9.59 Å². The molecule has 6 nitrogen and oxygen atoms in total. The lowest BCUT2D eigenvalue weighted by Gasteiger charge is -2.14. The van der Waals surface area contributed by atoms with Crippen molar-refractivity contribution in [2.24, 2.45) is 0 Å². The van der Waals surface area contributed by atoms with E-state index < -0.39 is 0 Å². The maximum Gasteiger partial charge on any atom is 0.193 e. The zero-order valence-electron chi connectivity index (χ0n) is 17.9. The van der Waals surface area contributed by atoms with E-state index in [-0.39, 0.29) is 11.6 Å². The van der Waals surface area contributed by atoms with E-state index in [0.717, 1.165) is 11.1 Å². The minimum atomic E-state index is -0.167. The van der Waals surface area contributed by atoms with Crippen LogP contribution in [0.2, 0.25) is 0 Å². The van der Waals surface area contributed by atoms with Gasteiger partial charge in [0.05, 0.1) is 0 Å². The summed E-state index contributed by atoms with van der Waals surface area (Å²) in [4.78, 5) is 26.5. The molecule has 0 saturated carbocycles. The first-order valence-corrected chi connectivity index (χ1v) is 10.4. The molecule has 0 radical (unpaired) electrons. The van der Waals surface area contributed by atoms with Gasteiger partial charge in [-0.2, -0.15) is 0 Å². The largest absolute Gasteiger partial charge is 0.399 e. The van der Waals surface area contributed by atoms with Gasteiger partial charge in [0, 0.05) is 45.0 Å². The van der Waals surface area contributed by atoms with E-state index >= 15 is 0 Å². The lowest BCUT2D eigenvalue weighted by Crippen LogP contribution is -2.10. The van der Waals surface area contributed by atoms with Gasteiger partial charge in [-0.05, 0) is 90.3 Å². The van der Waals surface area contributed by atoms with Crippen LogP contribution in [0, 0.1) is 0 Å². The Morgan fingerprint density at radius 1 is 0.485 bits per heavy atom. The van der Waals surface area contributed by atoms with Gasteiger partial charge in [-0.15, -0.1) is 0 Å². The van der Waals surface area contributed by atoms with E-state index in [1.807, 2.05) is 12.1 Å². The zero-order chi connectivity index (χ0) is 23.5. The molecule has 4 aromatic carbocycles. The maximum absolute atomic E-state index is 13.3. The van der Waals surface area contributed by atoms with Crippen LogP contribution in [0.25, 0.3) is 0 Å². The summed E-state index contributed by atoms with van der Waals surface area (Å²) in [5, 5.41) is 0. The molecule has 0 aliphatic carbocycles. The van der Waals surface area contributed by atoms with Gasteiger partial charge in [0.15, 0.2) is 11.6 Å². The molecule has 0 aromatic heterocycles. The smallest absolute Gasteiger partial charge is 0.193 e. The van der Waals surface area contributed by atoms with Gasteiger partial charge in [-0.3, -0.25) is 9.59 Å². The van der Waals surface area contributed by atoms with Crippen LogP contribution in [-0.4, -0.2) is 11.6 Å². The molecule has 0 aliphatic rings. The predicted molar refractivity (Wildman–Crippen MR) is 133 cm³/mol. The number of benzene rings is 4. The Balaban J connectivity index is 1.74. The Labute approximate surface area is 191 Å². The monoisotopic (exact) mass is 436 g/mol.